The summed E-state index contributed by atoms with van der Waals surface area (Å²) in [6.45, 7) is 7.03. The molecule has 0 aromatic heterocycles. The standard InChI is InChI=1S/C22H31FN4O/c1-17-16-20(6-7-21(17)23)27-14-12-26(13-15-27)11-9-18-2-4-19(5-3-18)25-22(28)8-10-24/h6-7,16,18-19H,2-5,8-9,11-15H2,1H3,(H,25,28). The van der Waals surface area contributed by atoms with Crippen LogP contribution in [0.4, 0.5) is 10.1 Å². The van der Waals surface area contributed by atoms with Crippen molar-refractivity contribution in [1.82, 2.24) is 10.2 Å². The van der Waals surface area contributed by atoms with Crippen molar-refractivity contribution in [2.45, 2.75) is 51.5 Å². The van der Waals surface area contributed by atoms with Gasteiger partial charge in [-0.25, -0.2) is 4.39 Å². The van der Waals surface area contributed by atoms with Crippen LogP contribution in [-0.4, -0.2) is 49.6 Å². The Morgan fingerprint density at radius 1 is 1.21 bits per heavy atom. The van der Waals surface area contributed by atoms with Gasteiger partial charge >= 0.3 is 0 Å². The van der Waals surface area contributed by atoms with E-state index in [1.165, 1.54) is 6.42 Å². The van der Waals surface area contributed by atoms with Crippen LogP contribution in [-0.2, 0) is 4.79 Å². The van der Waals surface area contributed by atoms with Gasteiger partial charge in [-0.05, 0) is 75.3 Å². The van der Waals surface area contributed by atoms with Crippen molar-refractivity contribution in [1.29, 1.82) is 5.26 Å². The van der Waals surface area contributed by atoms with E-state index in [9.17, 15) is 9.18 Å². The van der Waals surface area contributed by atoms with Crippen LogP contribution in [0, 0.1) is 30.0 Å². The Kier molecular flexibility index (Phi) is 7.27. The van der Waals surface area contributed by atoms with Crippen LogP contribution < -0.4 is 10.2 Å². The molecule has 0 radical (unpaired) electrons. The molecule has 0 bridgehead atoms. The zero-order chi connectivity index (χ0) is 19.9. The fourth-order valence-corrected chi connectivity index (χ4v) is 4.37. The third kappa shape index (κ3) is 5.68. The van der Waals surface area contributed by atoms with Crippen molar-refractivity contribution in [2.75, 3.05) is 37.6 Å². The lowest BCUT2D eigenvalue weighted by molar-refractivity contribution is -0.121. The normalized spacial score (nSPS) is 23.2. The lowest BCUT2D eigenvalue weighted by atomic mass is 9.84. The summed E-state index contributed by atoms with van der Waals surface area (Å²) < 4.78 is 13.5. The Bertz CT molecular complexity index is 701. The van der Waals surface area contributed by atoms with E-state index in [0.29, 0.717) is 5.56 Å². The van der Waals surface area contributed by atoms with Gasteiger partial charge in [0.15, 0.2) is 0 Å². The van der Waals surface area contributed by atoms with Crippen LogP contribution in [0.1, 0.15) is 44.1 Å². The smallest absolute Gasteiger partial charge is 0.234 e. The highest BCUT2D eigenvalue weighted by Gasteiger charge is 2.24. The maximum Gasteiger partial charge on any atom is 0.234 e. The van der Waals surface area contributed by atoms with E-state index in [4.69, 9.17) is 5.26 Å². The number of nitrogens with zero attached hydrogens (tertiary/aromatic N) is 3. The summed E-state index contributed by atoms with van der Waals surface area (Å²) >= 11 is 0. The van der Waals surface area contributed by atoms with Gasteiger partial charge in [-0.1, -0.05) is 0 Å². The first-order valence-corrected chi connectivity index (χ1v) is 10.4. The van der Waals surface area contributed by atoms with E-state index in [0.717, 1.165) is 70.0 Å². The van der Waals surface area contributed by atoms with Crippen molar-refractivity contribution in [2.24, 2.45) is 5.92 Å². The number of nitrogens with one attached hydrogen (secondary N) is 1. The van der Waals surface area contributed by atoms with Crippen molar-refractivity contribution >= 4 is 11.6 Å². The molecule has 2 aliphatic rings. The molecule has 1 N–H and O–H groups in total. The number of nitriles is 1. The second kappa shape index (κ2) is 9.88. The second-order valence-electron chi connectivity index (χ2n) is 8.17. The van der Waals surface area contributed by atoms with Gasteiger partial charge in [0.25, 0.3) is 0 Å². The molecule has 1 aromatic rings. The maximum atomic E-state index is 13.5. The van der Waals surface area contributed by atoms with E-state index < -0.39 is 0 Å². The van der Waals surface area contributed by atoms with Crippen LogP contribution in [0.3, 0.4) is 0 Å². The molecule has 1 aliphatic heterocycles. The first-order valence-electron chi connectivity index (χ1n) is 10.4. The number of rotatable bonds is 6. The van der Waals surface area contributed by atoms with Gasteiger partial charge in [-0.3, -0.25) is 9.69 Å². The number of carbonyl (C=O) groups is 1. The van der Waals surface area contributed by atoms with Crippen molar-refractivity contribution in [3.63, 3.8) is 0 Å². The minimum absolute atomic E-state index is 0.0383. The Labute approximate surface area is 167 Å². The minimum Gasteiger partial charge on any atom is -0.369 e. The van der Waals surface area contributed by atoms with Crippen LogP contribution in [0.5, 0.6) is 0 Å². The molecular formula is C22H31FN4O. The lowest BCUT2D eigenvalue weighted by Crippen LogP contribution is -2.47. The van der Waals surface area contributed by atoms with Crippen molar-refractivity contribution < 1.29 is 9.18 Å². The molecule has 28 heavy (non-hydrogen) atoms. The van der Waals surface area contributed by atoms with E-state index in [2.05, 4.69) is 15.1 Å². The summed E-state index contributed by atoms with van der Waals surface area (Å²) in [6.07, 6.45) is 5.55. The molecule has 152 valence electrons. The van der Waals surface area contributed by atoms with Gasteiger partial charge in [-0.15, -0.1) is 0 Å². The van der Waals surface area contributed by atoms with Gasteiger partial charge in [0.2, 0.25) is 5.91 Å². The maximum absolute atomic E-state index is 13.5. The molecule has 2 fully saturated rings. The van der Waals surface area contributed by atoms with Crippen LogP contribution in [0.2, 0.25) is 0 Å². The molecule has 1 aromatic carbocycles. The number of piperazine rings is 1. The summed E-state index contributed by atoms with van der Waals surface area (Å²) in [5, 5.41) is 11.5. The molecule has 5 nitrogen and oxygen atoms in total. The molecule has 1 heterocycles. The van der Waals surface area contributed by atoms with Gasteiger partial charge in [0, 0.05) is 37.9 Å². The SMILES string of the molecule is Cc1cc(N2CCN(CCC3CCC(NC(=O)CC#N)CC3)CC2)ccc1F. The zero-order valence-corrected chi connectivity index (χ0v) is 16.8. The van der Waals surface area contributed by atoms with Gasteiger partial charge < -0.3 is 10.2 Å². The fourth-order valence-electron chi connectivity index (χ4n) is 4.37. The number of aryl methyl sites for hydroxylation is 1. The average molecular weight is 387 g/mol. The van der Waals surface area contributed by atoms with Crippen molar-refractivity contribution in [3.8, 4) is 6.07 Å². The molecule has 0 atom stereocenters. The Balaban J connectivity index is 1.34. The van der Waals surface area contributed by atoms with Gasteiger partial charge in [-0.2, -0.15) is 5.26 Å². The molecule has 1 saturated heterocycles. The van der Waals surface area contributed by atoms with Crippen LogP contribution in [0.25, 0.3) is 0 Å². The number of amides is 1. The largest absolute Gasteiger partial charge is 0.369 e. The highest BCUT2D eigenvalue weighted by molar-refractivity contribution is 5.78. The van der Waals surface area contributed by atoms with Crippen LogP contribution in [0.15, 0.2) is 18.2 Å². The number of hydrogen-bond acceptors (Lipinski definition) is 4. The summed E-state index contributed by atoms with van der Waals surface area (Å²) in [6, 6.07) is 7.54. The quantitative estimate of drug-likeness (QED) is 0.815. The molecule has 3 rings (SSSR count). The van der Waals surface area contributed by atoms with E-state index in [1.807, 2.05) is 25.1 Å². The minimum atomic E-state index is -0.139. The second-order valence-corrected chi connectivity index (χ2v) is 8.17. The Morgan fingerprint density at radius 2 is 1.93 bits per heavy atom. The van der Waals surface area contributed by atoms with E-state index in [1.54, 1.807) is 6.07 Å². The highest BCUT2D eigenvalue weighted by atomic mass is 19.1. The number of benzene rings is 1. The molecule has 6 heteroatoms. The number of anilines is 1. The summed E-state index contributed by atoms with van der Waals surface area (Å²) in [5.74, 6) is 0.462. The summed E-state index contributed by atoms with van der Waals surface area (Å²) in [5.41, 5.74) is 1.83. The highest BCUT2D eigenvalue weighted by Crippen LogP contribution is 2.27. The molecule has 1 saturated carbocycles. The summed E-state index contributed by atoms with van der Waals surface area (Å²) in [4.78, 5) is 16.4. The zero-order valence-electron chi connectivity index (χ0n) is 16.8. The number of carbonyl (C=O) groups excluding carboxylic acids is 1. The third-order valence-electron chi connectivity index (χ3n) is 6.18. The predicted octanol–water partition coefficient (Wildman–Crippen LogP) is 3.23. The topological polar surface area (TPSA) is 59.4 Å². The predicted molar refractivity (Wildman–Crippen MR) is 109 cm³/mol. The summed E-state index contributed by atoms with van der Waals surface area (Å²) in [7, 11) is 0. The van der Waals surface area contributed by atoms with E-state index in [-0.39, 0.29) is 24.2 Å². The Hall–Kier alpha value is -2.13. The number of halogens is 1. The first kappa shape index (κ1) is 20.6. The molecular weight excluding hydrogens is 355 g/mol. The third-order valence-corrected chi connectivity index (χ3v) is 6.18. The molecule has 0 unspecified atom stereocenters. The van der Waals surface area contributed by atoms with Crippen molar-refractivity contribution in [3.05, 3.63) is 29.6 Å². The Morgan fingerprint density at radius 3 is 2.57 bits per heavy atom. The lowest BCUT2D eigenvalue weighted by Gasteiger charge is -2.37. The monoisotopic (exact) mass is 386 g/mol. The van der Waals surface area contributed by atoms with Crippen LogP contribution >= 0.6 is 0 Å². The van der Waals surface area contributed by atoms with Gasteiger partial charge in [0.05, 0.1) is 6.07 Å². The fraction of sp³-hybridized carbons (Fsp3) is 0.636. The molecule has 1 aliphatic carbocycles. The number of hydrogen-bond donors (Lipinski definition) is 1. The first-order chi connectivity index (χ1) is 13.5. The van der Waals surface area contributed by atoms with Gasteiger partial charge in [0.1, 0.15) is 12.2 Å². The van der Waals surface area contributed by atoms with E-state index >= 15 is 0 Å². The average Bonchev–Trinajstić information content (AvgIpc) is 2.70. The molecule has 0 spiro atoms. The molecule has 1 amide bonds.